The summed E-state index contributed by atoms with van der Waals surface area (Å²) < 4.78 is 18.5. The molecule has 0 bridgehead atoms. The van der Waals surface area contributed by atoms with E-state index in [0.29, 0.717) is 27.7 Å². The smallest absolute Gasteiger partial charge is 0.229 e. The Bertz CT molecular complexity index is 872. The largest absolute Gasteiger partial charge is 0.495 e. The summed E-state index contributed by atoms with van der Waals surface area (Å²) in [5, 5.41) is 3.25. The van der Waals surface area contributed by atoms with Crippen molar-refractivity contribution in [2.75, 3.05) is 23.9 Å². The molecule has 1 saturated heterocycles. The fraction of sp³-hybridized carbons (Fsp3) is 0.263. The predicted molar refractivity (Wildman–Crippen MR) is 98.2 cm³/mol. The lowest BCUT2D eigenvalue weighted by Crippen LogP contribution is -2.28. The van der Waals surface area contributed by atoms with E-state index in [-0.39, 0.29) is 30.6 Å². The predicted octanol–water partition coefficient (Wildman–Crippen LogP) is 3.79. The van der Waals surface area contributed by atoms with Crippen LogP contribution < -0.4 is 15.0 Å². The second-order valence-corrected chi connectivity index (χ2v) is 6.61. The molecule has 0 aromatic heterocycles. The summed E-state index contributed by atoms with van der Waals surface area (Å²) in [6.45, 7) is 1.93. The van der Waals surface area contributed by atoms with Gasteiger partial charge in [0.1, 0.15) is 11.6 Å². The van der Waals surface area contributed by atoms with Gasteiger partial charge in [0.05, 0.1) is 18.7 Å². The number of amides is 2. The molecule has 0 spiro atoms. The fourth-order valence-corrected chi connectivity index (χ4v) is 3.16. The van der Waals surface area contributed by atoms with Gasteiger partial charge in [-0.3, -0.25) is 9.59 Å². The Morgan fingerprint density at radius 1 is 1.31 bits per heavy atom. The number of halogens is 2. The minimum atomic E-state index is -0.518. The van der Waals surface area contributed by atoms with Crippen LogP contribution in [0.1, 0.15) is 12.0 Å². The average molecular weight is 377 g/mol. The number of aryl methyl sites for hydroxylation is 1. The Hall–Kier alpha value is -2.60. The first-order valence-electron chi connectivity index (χ1n) is 8.10. The van der Waals surface area contributed by atoms with Crippen LogP contribution >= 0.6 is 11.6 Å². The lowest BCUT2D eigenvalue weighted by Gasteiger charge is -2.20. The summed E-state index contributed by atoms with van der Waals surface area (Å²) in [4.78, 5) is 26.5. The van der Waals surface area contributed by atoms with Crippen LogP contribution in [0.4, 0.5) is 15.8 Å². The van der Waals surface area contributed by atoms with Gasteiger partial charge >= 0.3 is 0 Å². The molecule has 0 saturated carbocycles. The van der Waals surface area contributed by atoms with E-state index in [1.807, 2.05) is 0 Å². The number of rotatable bonds is 4. The molecule has 0 unspecified atom stereocenters. The van der Waals surface area contributed by atoms with E-state index in [4.69, 9.17) is 16.3 Å². The van der Waals surface area contributed by atoms with Gasteiger partial charge in [-0.15, -0.1) is 0 Å². The number of hydrogen-bond acceptors (Lipinski definition) is 3. The van der Waals surface area contributed by atoms with Gasteiger partial charge < -0.3 is 15.0 Å². The third-order valence-corrected chi connectivity index (χ3v) is 4.61. The zero-order valence-electron chi connectivity index (χ0n) is 14.4. The van der Waals surface area contributed by atoms with Crippen molar-refractivity contribution in [3.05, 3.63) is 52.8 Å². The Labute approximate surface area is 155 Å². The molecular weight excluding hydrogens is 359 g/mol. The maximum absolute atomic E-state index is 13.2. The van der Waals surface area contributed by atoms with E-state index in [2.05, 4.69) is 5.32 Å². The molecule has 1 heterocycles. The van der Waals surface area contributed by atoms with Gasteiger partial charge in [0, 0.05) is 23.7 Å². The standard InChI is InChI=1S/C19H18ClFN2O3/c1-11-7-14(21)4-5-15(11)22-19(25)12-8-18(24)23(10-12)16-9-13(20)3-6-17(16)26-2/h3-7,9,12H,8,10H2,1-2H3,(H,22,25)/t12-/m1/s1. The van der Waals surface area contributed by atoms with Crippen LogP contribution in [0.5, 0.6) is 5.75 Å². The fourth-order valence-electron chi connectivity index (χ4n) is 2.99. The highest BCUT2D eigenvalue weighted by molar-refractivity contribution is 6.31. The number of nitrogens with zero attached hydrogens (tertiary/aromatic N) is 1. The summed E-state index contributed by atoms with van der Waals surface area (Å²) in [7, 11) is 1.51. The molecule has 1 N–H and O–H groups in total. The first-order valence-corrected chi connectivity index (χ1v) is 8.47. The van der Waals surface area contributed by atoms with E-state index in [1.54, 1.807) is 25.1 Å². The monoisotopic (exact) mass is 376 g/mol. The van der Waals surface area contributed by atoms with Gasteiger partial charge in [-0.1, -0.05) is 11.6 Å². The highest BCUT2D eigenvalue weighted by Crippen LogP contribution is 2.35. The topological polar surface area (TPSA) is 58.6 Å². The molecule has 3 rings (SSSR count). The molecule has 2 aromatic rings. The third-order valence-electron chi connectivity index (χ3n) is 4.37. The van der Waals surface area contributed by atoms with Crippen molar-refractivity contribution in [2.45, 2.75) is 13.3 Å². The van der Waals surface area contributed by atoms with Gasteiger partial charge in [-0.2, -0.15) is 0 Å². The number of nitrogens with one attached hydrogen (secondary N) is 1. The van der Waals surface area contributed by atoms with Crippen LogP contribution in [-0.4, -0.2) is 25.5 Å². The maximum atomic E-state index is 13.2. The number of methoxy groups -OCH3 is 1. The molecule has 26 heavy (non-hydrogen) atoms. The molecule has 1 aliphatic rings. The summed E-state index contributed by atoms with van der Waals surface area (Å²) in [5.74, 6) is -0.831. The number of hydrogen-bond donors (Lipinski definition) is 1. The van der Waals surface area contributed by atoms with Crippen LogP contribution in [0.2, 0.25) is 5.02 Å². The summed E-state index contributed by atoms with van der Waals surface area (Å²) in [6.07, 6.45) is 0.0851. The first kappa shape index (κ1) is 18.2. The Morgan fingerprint density at radius 3 is 2.77 bits per heavy atom. The van der Waals surface area contributed by atoms with E-state index < -0.39 is 5.92 Å². The SMILES string of the molecule is COc1ccc(Cl)cc1N1C[C@H](C(=O)Nc2ccc(F)cc2C)CC1=O. The molecule has 5 nitrogen and oxygen atoms in total. The van der Waals surface area contributed by atoms with Crippen molar-refractivity contribution in [3.8, 4) is 5.75 Å². The van der Waals surface area contributed by atoms with Crippen molar-refractivity contribution >= 4 is 34.8 Å². The molecule has 1 fully saturated rings. The minimum absolute atomic E-state index is 0.0851. The zero-order chi connectivity index (χ0) is 18.8. The van der Waals surface area contributed by atoms with E-state index in [1.165, 1.54) is 30.2 Å². The number of ether oxygens (including phenoxy) is 1. The third kappa shape index (κ3) is 3.65. The Kier molecular flexibility index (Phi) is 5.13. The highest BCUT2D eigenvalue weighted by atomic mass is 35.5. The molecule has 7 heteroatoms. The van der Waals surface area contributed by atoms with Crippen molar-refractivity contribution in [2.24, 2.45) is 5.92 Å². The minimum Gasteiger partial charge on any atom is -0.495 e. The molecule has 2 amide bonds. The Balaban J connectivity index is 1.77. The number of benzene rings is 2. The van der Waals surface area contributed by atoms with Crippen LogP contribution in [0.3, 0.4) is 0 Å². The second kappa shape index (κ2) is 7.33. The molecule has 0 radical (unpaired) electrons. The van der Waals surface area contributed by atoms with Gasteiger partial charge in [0.15, 0.2) is 0 Å². The second-order valence-electron chi connectivity index (χ2n) is 6.17. The van der Waals surface area contributed by atoms with Crippen molar-refractivity contribution in [1.82, 2.24) is 0 Å². The van der Waals surface area contributed by atoms with Gasteiger partial charge in [-0.05, 0) is 48.9 Å². The maximum Gasteiger partial charge on any atom is 0.229 e. The summed E-state index contributed by atoms with van der Waals surface area (Å²) in [5.41, 5.74) is 1.69. The van der Waals surface area contributed by atoms with E-state index in [9.17, 15) is 14.0 Å². The van der Waals surface area contributed by atoms with E-state index in [0.717, 1.165) is 0 Å². The van der Waals surface area contributed by atoms with Crippen molar-refractivity contribution in [1.29, 1.82) is 0 Å². The average Bonchev–Trinajstić information content (AvgIpc) is 2.99. The lowest BCUT2D eigenvalue weighted by atomic mass is 10.1. The van der Waals surface area contributed by atoms with Crippen LogP contribution in [0, 0.1) is 18.7 Å². The number of anilines is 2. The Morgan fingerprint density at radius 2 is 2.08 bits per heavy atom. The molecule has 1 aliphatic heterocycles. The molecule has 2 aromatic carbocycles. The zero-order valence-corrected chi connectivity index (χ0v) is 15.1. The summed E-state index contributed by atoms with van der Waals surface area (Å²) in [6, 6.07) is 9.13. The van der Waals surface area contributed by atoms with Crippen LogP contribution in [0.25, 0.3) is 0 Å². The lowest BCUT2D eigenvalue weighted by molar-refractivity contribution is -0.122. The molecule has 0 aliphatic carbocycles. The highest BCUT2D eigenvalue weighted by Gasteiger charge is 2.36. The molecule has 136 valence electrons. The summed E-state index contributed by atoms with van der Waals surface area (Å²) >= 11 is 6.03. The number of carbonyl (C=O) groups is 2. The first-order chi connectivity index (χ1) is 12.4. The van der Waals surface area contributed by atoms with Crippen molar-refractivity contribution < 1.29 is 18.7 Å². The normalized spacial score (nSPS) is 16.7. The van der Waals surface area contributed by atoms with Gasteiger partial charge in [0.2, 0.25) is 11.8 Å². The van der Waals surface area contributed by atoms with Crippen LogP contribution in [0.15, 0.2) is 36.4 Å². The quantitative estimate of drug-likeness (QED) is 0.883. The number of carbonyl (C=O) groups excluding carboxylic acids is 2. The molecular formula is C19H18ClFN2O3. The van der Waals surface area contributed by atoms with Gasteiger partial charge in [0.25, 0.3) is 0 Å². The van der Waals surface area contributed by atoms with Crippen molar-refractivity contribution in [3.63, 3.8) is 0 Å². The van der Waals surface area contributed by atoms with Crippen LogP contribution in [-0.2, 0) is 9.59 Å². The van der Waals surface area contributed by atoms with E-state index >= 15 is 0 Å². The van der Waals surface area contributed by atoms with Gasteiger partial charge in [-0.25, -0.2) is 4.39 Å². The molecule has 1 atom stereocenters.